The van der Waals surface area contributed by atoms with Crippen molar-refractivity contribution in [3.63, 3.8) is 0 Å². The van der Waals surface area contributed by atoms with Gasteiger partial charge in [0.2, 0.25) is 5.95 Å². The predicted molar refractivity (Wildman–Crippen MR) is 135 cm³/mol. The van der Waals surface area contributed by atoms with Gasteiger partial charge in [-0.2, -0.15) is 4.98 Å². The minimum absolute atomic E-state index is 0.246. The van der Waals surface area contributed by atoms with Crippen LogP contribution in [0.3, 0.4) is 0 Å². The van der Waals surface area contributed by atoms with Gasteiger partial charge in [0.1, 0.15) is 24.3 Å². The highest BCUT2D eigenvalue weighted by Gasteiger charge is 2.17. The van der Waals surface area contributed by atoms with Crippen LogP contribution in [0.25, 0.3) is 0 Å². The van der Waals surface area contributed by atoms with Crippen molar-refractivity contribution < 1.29 is 9.84 Å². The highest BCUT2D eigenvalue weighted by atomic mass is 79.9. The molecule has 2 heterocycles. The van der Waals surface area contributed by atoms with Gasteiger partial charge in [-0.15, -0.1) is 0 Å². The quantitative estimate of drug-likeness (QED) is 0.400. The Hall–Kier alpha value is -2.72. The van der Waals surface area contributed by atoms with Crippen LogP contribution in [0.1, 0.15) is 0 Å². The van der Waals surface area contributed by atoms with Crippen molar-refractivity contribution in [2.45, 2.75) is 6.10 Å². The number of anilines is 4. The third kappa shape index (κ3) is 7.13. The number of ether oxygens (including phenoxy) is 1. The van der Waals surface area contributed by atoms with Gasteiger partial charge in [0.15, 0.2) is 0 Å². The summed E-state index contributed by atoms with van der Waals surface area (Å²) < 4.78 is 6.61. The van der Waals surface area contributed by atoms with Crippen molar-refractivity contribution in [1.29, 1.82) is 0 Å². The number of hydrogen-bond donors (Lipinski definition) is 3. The molecule has 1 aliphatic heterocycles. The molecule has 2 aromatic carbocycles. The zero-order valence-electron chi connectivity index (χ0n) is 18.6. The maximum Gasteiger partial charge on any atom is 0.229 e. The normalized spacial score (nSPS) is 15.7. The number of aliphatic hydroxyl groups is 1. The van der Waals surface area contributed by atoms with Crippen molar-refractivity contribution in [3.8, 4) is 5.75 Å². The summed E-state index contributed by atoms with van der Waals surface area (Å²) in [5, 5.41) is 16.9. The molecule has 8 nitrogen and oxygen atoms in total. The molecule has 4 rings (SSSR count). The smallest absolute Gasteiger partial charge is 0.229 e. The van der Waals surface area contributed by atoms with E-state index < -0.39 is 6.10 Å². The maximum absolute atomic E-state index is 10.4. The molecule has 174 valence electrons. The van der Waals surface area contributed by atoms with Crippen LogP contribution in [0.4, 0.5) is 23.1 Å². The van der Waals surface area contributed by atoms with Crippen LogP contribution in [-0.2, 0) is 0 Å². The van der Waals surface area contributed by atoms with Crippen LogP contribution >= 0.6 is 15.9 Å². The second-order valence-electron chi connectivity index (χ2n) is 8.10. The first kappa shape index (κ1) is 23.4. The van der Waals surface area contributed by atoms with Gasteiger partial charge >= 0.3 is 0 Å². The second kappa shape index (κ2) is 11.4. The molecular formula is C24H29BrN6O2. The first-order valence-corrected chi connectivity index (χ1v) is 11.8. The first-order valence-electron chi connectivity index (χ1n) is 11.0. The molecule has 1 aliphatic rings. The fraction of sp³-hybridized carbons (Fsp3) is 0.333. The van der Waals surface area contributed by atoms with Crippen LogP contribution < -0.4 is 15.4 Å². The molecule has 0 saturated carbocycles. The van der Waals surface area contributed by atoms with E-state index in [1.807, 2.05) is 54.6 Å². The number of halogens is 1. The van der Waals surface area contributed by atoms with E-state index in [1.54, 1.807) is 6.20 Å². The molecule has 3 N–H and O–H groups in total. The van der Waals surface area contributed by atoms with E-state index in [4.69, 9.17) is 4.74 Å². The zero-order valence-corrected chi connectivity index (χ0v) is 20.2. The number of likely N-dealkylation sites (N-methyl/N-ethyl adjacent to an activating group) is 1. The Morgan fingerprint density at radius 3 is 2.58 bits per heavy atom. The van der Waals surface area contributed by atoms with E-state index in [2.05, 4.69) is 53.4 Å². The van der Waals surface area contributed by atoms with E-state index in [0.717, 1.165) is 42.0 Å². The number of piperazine rings is 1. The van der Waals surface area contributed by atoms with Crippen LogP contribution in [0.2, 0.25) is 0 Å². The summed E-state index contributed by atoms with van der Waals surface area (Å²) in [5.41, 5.74) is 1.74. The van der Waals surface area contributed by atoms with Gasteiger partial charge in [-0.05, 0) is 47.2 Å². The summed E-state index contributed by atoms with van der Waals surface area (Å²) in [4.78, 5) is 13.5. The van der Waals surface area contributed by atoms with Crippen molar-refractivity contribution in [3.05, 3.63) is 65.3 Å². The topological polar surface area (TPSA) is 85.8 Å². The van der Waals surface area contributed by atoms with Gasteiger partial charge in [0, 0.05) is 56.4 Å². The standard InChI is InChI=1S/C24H29BrN6O2/c1-30-10-12-31(13-11-30)16-20(32)17-33-21-9-5-8-19(14-21)28-24-26-15-22(25)23(29-24)27-18-6-3-2-4-7-18/h2-9,14-15,20,32H,10-13,16-17H2,1H3,(H2,26,27,28,29). The minimum Gasteiger partial charge on any atom is -0.491 e. The summed E-state index contributed by atoms with van der Waals surface area (Å²) in [5.74, 6) is 1.80. The number of para-hydroxylation sites is 1. The predicted octanol–water partition coefficient (Wildman–Crippen LogP) is 3.71. The number of β-amino-alcohol motifs (C(OH)–C–C–N with tert-alkyl or cyclic N) is 1. The Morgan fingerprint density at radius 1 is 1.03 bits per heavy atom. The number of hydrogen-bond acceptors (Lipinski definition) is 8. The van der Waals surface area contributed by atoms with Crippen molar-refractivity contribution in [2.24, 2.45) is 0 Å². The summed E-state index contributed by atoms with van der Waals surface area (Å²) in [6.07, 6.45) is 1.17. The Morgan fingerprint density at radius 2 is 1.79 bits per heavy atom. The molecule has 0 spiro atoms. The molecule has 3 aromatic rings. The van der Waals surface area contributed by atoms with Crippen molar-refractivity contribution in [1.82, 2.24) is 19.8 Å². The monoisotopic (exact) mass is 512 g/mol. The summed E-state index contributed by atoms with van der Waals surface area (Å²) in [6, 6.07) is 17.4. The second-order valence-corrected chi connectivity index (χ2v) is 8.96. The average molecular weight is 513 g/mol. The molecule has 9 heteroatoms. The fourth-order valence-corrected chi connectivity index (χ4v) is 3.83. The fourth-order valence-electron chi connectivity index (χ4n) is 3.54. The highest BCUT2D eigenvalue weighted by molar-refractivity contribution is 9.10. The SMILES string of the molecule is CN1CCN(CC(O)COc2cccc(Nc3ncc(Br)c(Nc4ccccc4)n3)c2)CC1. The van der Waals surface area contributed by atoms with Crippen molar-refractivity contribution in [2.75, 3.05) is 57.0 Å². The van der Waals surface area contributed by atoms with Gasteiger partial charge in [-0.1, -0.05) is 24.3 Å². The molecule has 33 heavy (non-hydrogen) atoms. The lowest BCUT2D eigenvalue weighted by Crippen LogP contribution is -2.47. The van der Waals surface area contributed by atoms with Gasteiger partial charge in [-0.25, -0.2) is 4.98 Å². The third-order valence-electron chi connectivity index (χ3n) is 5.38. The van der Waals surface area contributed by atoms with Crippen LogP contribution in [0.5, 0.6) is 5.75 Å². The molecule has 1 fully saturated rings. The molecular weight excluding hydrogens is 484 g/mol. The Kier molecular flexibility index (Phi) is 8.11. The van der Waals surface area contributed by atoms with E-state index in [-0.39, 0.29) is 6.61 Å². The largest absolute Gasteiger partial charge is 0.491 e. The number of aromatic nitrogens is 2. The number of nitrogens with one attached hydrogen (secondary N) is 2. The van der Waals surface area contributed by atoms with E-state index in [0.29, 0.717) is 24.1 Å². The Balaban J connectivity index is 1.33. The van der Waals surface area contributed by atoms with Gasteiger partial charge in [0.25, 0.3) is 0 Å². The van der Waals surface area contributed by atoms with Gasteiger partial charge < -0.3 is 25.4 Å². The van der Waals surface area contributed by atoms with Crippen LogP contribution in [0, 0.1) is 0 Å². The van der Waals surface area contributed by atoms with Gasteiger partial charge in [0.05, 0.1) is 4.47 Å². The van der Waals surface area contributed by atoms with Crippen LogP contribution in [-0.4, -0.2) is 77.4 Å². The molecule has 0 bridgehead atoms. The molecule has 1 unspecified atom stereocenters. The lowest BCUT2D eigenvalue weighted by atomic mass is 10.2. The Bertz CT molecular complexity index is 1030. The molecule has 1 saturated heterocycles. The number of rotatable bonds is 9. The molecule has 1 atom stereocenters. The lowest BCUT2D eigenvalue weighted by Gasteiger charge is -2.33. The Labute approximate surface area is 202 Å². The zero-order chi connectivity index (χ0) is 23.0. The summed E-state index contributed by atoms with van der Waals surface area (Å²) >= 11 is 3.49. The minimum atomic E-state index is -0.536. The average Bonchev–Trinajstić information content (AvgIpc) is 2.82. The van der Waals surface area contributed by atoms with Crippen molar-refractivity contribution >= 4 is 39.1 Å². The molecule has 0 amide bonds. The summed E-state index contributed by atoms with van der Waals surface area (Å²) in [6.45, 7) is 4.87. The van der Waals surface area contributed by atoms with E-state index in [1.165, 1.54) is 0 Å². The molecule has 0 aliphatic carbocycles. The highest BCUT2D eigenvalue weighted by Crippen LogP contribution is 2.26. The van der Waals surface area contributed by atoms with Crippen LogP contribution in [0.15, 0.2) is 65.3 Å². The van der Waals surface area contributed by atoms with Gasteiger partial charge in [-0.3, -0.25) is 4.90 Å². The lowest BCUT2D eigenvalue weighted by molar-refractivity contribution is 0.0505. The summed E-state index contributed by atoms with van der Waals surface area (Å²) in [7, 11) is 2.12. The first-order chi connectivity index (χ1) is 16.0. The molecule has 1 aromatic heterocycles. The molecule has 0 radical (unpaired) electrons. The third-order valence-corrected chi connectivity index (χ3v) is 5.96. The number of benzene rings is 2. The maximum atomic E-state index is 10.4. The van der Waals surface area contributed by atoms with E-state index in [9.17, 15) is 5.11 Å². The number of aliphatic hydroxyl groups excluding tert-OH is 1. The number of nitrogens with zero attached hydrogens (tertiary/aromatic N) is 4. The van der Waals surface area contributed by atoms with E-state index >= 15 is 0 Å².